The number of unbranched alkanes of at least 4 members (excludes halogenated alkanes) is 3. The van der Waals surface area contributed by atoms with Gasteiger partial charge in [-0.25, -0.2) is 4.79 Å². The minimum atomic E-state index is -0.751. The molecule has 1 aliphatic rings. The second-order valence-electron chi connectivity index (χ2n) is 7.06. The topological polar surface area (TPSA) is 60.9 Å². The third-order valence-electron chi connectivity index (χ3n) is 5.04. The predicted octanol–water partition coefficient (Wildman–Crippen LogP) is 5.36. The summed E-state index contributed by atoms with van der Waals surface area (Å²) in [6, 6.07) is 17.4. The van der Waals surface area contributed by atoms with Crippen molar-refractivity contribution >= 4 is 29.3 Å². The molecule has 0 aliphatic carbocycles. The summed E-state index contributed by atoms with van der Waals surface area (Å²) >= 11 is 6.02. The molecule has 0 radical (unpaired) electrons. The Morgan fingerprint density at radius 3 is 2.36 bits per heavy atom. The molecule has 1 atom stereocenters. The zero-order chi connectivity index (χ0) is 19.9. The van der Waals surface area contributed by atoms with Crippen molar-refractivity contribution in [3.63, 3.8) is 0 Å². The van der Waals surface area contributed by atoms with Crippen LogP contribution in [0, 0.1) is 0 Å². The summed E-state index contributed by atoms with van der Waals surface area (Å²) in [7, 11) is 0. The van der Waals surface area contributed by atoms with E-state index in [4.69, 9.17) is 16.7 Å². The van der Waals surface area contributed by atoms with Crippen LogP contribution in [-0.2, 0) is 4.79 Å². The molecule has 2 aromatic rings. The summed E-state index contributed by atoms with van der Waals surface area (Å²) in [5, 5.41) is 9.35. The minimum absolute atomic E-state index is 0.00158. The largest absolute Gasteiger partial charge is 0.481 e. The molecule has 3 rings (SSSR count). The molecule has 2 aromatic carbocycles. The van der Waals surface area contributed by atoms with Crippen molar-refractivity contribution in [3.8, 4) is 0 Å². The van der Waals surface area contributed by atoms with Gasteiger partial charge < -0.3 is 10.0 Å². The number of hydrogen-bond acceptors (Lipinski definition) is 2. The van der Waals surface area contributed by atoms with E-state index >= 15 is 0 Å². The molecule has 0 saturated carbocycles. The van der Waals surface area contributed by atoms with Crippen LogP contribution < -0.4 is 4.90 Å². The molecule has 6 heteroatoms. The van der Waals surface area contributed by atoms with Crippen LogP contribution in [-0.4, -0.2) is 35.1 Å². The van der Waals surface area contributed by atoms with Crippen LogP contribution in [0.5, 0.6) is 0 Å². The Bertz CT molecular complexity index is 795. The molecule has 5 nitrogen and oxygen atoms in total. The monoisotopic (exact) mass is 400 g/mol. The van der Waals surface area contributed by atoms with Crippen LogP contribution in [0.1, 0.15) is 43.7 Å². The second kappa shape index (κ2) is 9.60. The predicted molar refractivity (Wildman–Crippen MR) is 111 cm³/mol. The van der Waals surface area contributed by atoms with Gasteiger partial charge in [0.1, 0.15) is 0 Å². The van der Waals surface area contributed by atoms with Crippen LogP contribution in [0.4, 0.5) is 10.5 Å². The molecule has 1 aliphatic heterocycles. The Labute approximate surface area is 170 Å². The van der Waals surface area contributed by atoms with Gasteiger partial charge in [0.15, 0.2) is 0 Å². The Morgan fingerprint density at radius 1 is 1.00 bits per heavy atom. The van der Waals surface area contributed by atoms with E-state index in [-0.39, 0.29) is 18.5 Å². The number of urea groups is 1. The van der Waals surface area contributed by atoms with Crippen molar-refractivity contribution in [2.24, 2.45) is 0 Å². The van der Waals surface area contributed by atoms with E-state index in [9.17, 15) is 9.59 Å². The van der Waals surface area contributed by atoms with E-state index in [1.54, 1.807) is 12.1 Å². The van der Waals surface area contributed by atoms with E-state index in [0.29, 0.717) is 24.5 Å². The lowest BCUT2D eigenvalue weighted by Crippen LogP contribution is -2.33. The van der Waals surface area contributed by atoms with Gasteiger partial charge in [-0.2, -0.15) is 0 Å². The van der Waals surface area contributed by atoms with Crippen LogP contribution in [0.2, 0.25) is 5.02 Å². The number of aliphatic carboxylic acids is 1. The number of carbonyl (C=O) groups is 2. The number of hydrogen-bond donors (Lipinski definition) is 1. The number of benzene rings is 2. The summed E-state index contributed by atoms with van der Waals surface area (Å²) in [6.45, 7) is 1.32. The molecule has 1 saturated heterocycles. The van der Waals surface area contributed by atoms with Crippen molar-refractivity contribution in [1.82, 2.24) is 4.90 Å². The SMILES string of the molecule is O=C(O)CCCCCCN1CC(c2ccccc2)N(c2ccc(Cl)cc2)C1=O. The molecule has 1 N–H and O–H groups in total. The van der Waals surface area contributed by atoms with Gasteiger partial charge in [0.05, 0.1) is 6.04 Å². The molecular weight excluding hydrogens is 376 g/mol. The van der Waals surface area contributed by atoms with Crippen LogP contribution in [0.25, 0.3) is 0 Å². The summed E-state index contributed by atoms with van der Waals surface area (Å²) in [5.41, 5.74) is 1.95. The van der Waals surface area contributed by atoms with Crippen molar-refractivity contribution in [1.29, 1.82) is 0 Å². The fraction of sp³-hybridized carbons (Fsp3) is 0.364. The van der Waals surface area contributed by atoms with Crippen molar-refractivity contribution in [2.45, 2.75) is 38.1 Å². The second-order valence-corrected chi connectivity index (χ2v) is 7.50. The maximum atomic E-state index is 13.1. The highest BCUT2D eigenvalue weighted by atomic mass is 35.5. The Balaban J connectivity index is 1.67. The average molecular weight is 401 g/mol. The molecule has 0 spiro atoms. The standard InChI is InChI=1S/C22H25ClN2O3/c23-18-11-13-19(14-12-18)25-20(17-8-4-3-5-9-17)16-24(22(25)28)15-7-2-1-6-10-21(26)27/h3-5,8-9,11-14,20H,1-2,6-7,10,15-16H2,(H,26,27). The molecule has 1 heterocycles. The fourth-order valence-corrected chi connectivity index (χ4v) is 3.72. The first-order chi connectivity index (χ1) is 13.6. The average Bonchev–Trinajstić information content (AvgIpc) is 3.02. The summed E-state index contributed by atoms with van der Waals surface area (Å²) < 4.78 is 0. The quantitative estimate of drug-likeness (QED) is 0.576. The van der Waals surface area contributed by atoms with Gasteiger partial charge in [-0.1, -0.05) is 54.8 Å². The highest BCUT2D eigenvalue weighted by molar-refractivity contribution is 6.30. The van der Waals surface area contributed by atoms with Gasteiger partial charge in [0.2, 0.25) is 0 Å². The van der Waals surface area contributed by atoms with E-state index in [0.717, 1.165) is 30.5 Å². The summed E-state index contributed by atoms with van der Waals surface area (Å²) in [6.07, 6.45) is 3.57. The van der Waals surface area contributed by atoms with Gasteiger partial charge >= 0.3 is 12.0 Å². The van der Waals surface area contributed by atoms with Crippen molar-refractivity contribution < 1.29 is 14.7 Å². The number of nitrogens with zero attached hydrogens (tertiary/aromatic N) is 2. The molecule has 28 heavy (non-hydrogen) atoms. The van der Waals surface area contributed by atoms with Gasteiger partial charge in [-0.15, -0.1) is 0 Å². The first-order valence-electron chi connectivity index (χ1n) is 9.66. The lowest BCUT2D eigenvalue weighted by molar-refractivity contribution is -0.137. The van der Waals surface area contributed by atoms with Crippen LogP contribution in [0.15, 0.2) is 54.6 Å². The number of anilines is 1. The normalized spacial score (nSPS) is 16.6. The van der Waals surface area contributed by atoms with E-state index < -0.39 is 5.97 Å². The Morgan fingerprint density at radius 2 is 1.68 bits per heavy atom. The number of carbonyl (C=O) groups excluding carboxylic acids is 1. The van der Waals surface area contributed by atoms with Crippen LogP contribution in [0.3, 0.4) is 0 Å². The smallest absolute Gasteiger partial charge is 0.325 e. The molecule has 2 amide bonds. The molecule has 1 unspecified atom stereocenters. The third-order valence-corrected chi connectivity index (χ3v) is 5.29. The molecule has 148 valence electrons. The minimum Gasteiger partial charge on any atom is -0.481 e. The zero-order valence-corrected chi connectivity index (χ0v) is 16.5. The lowest BCUT2D eigenvalue weighted by atomic mass is 10.1. The maximum Gasteiger partial charge on any atom is 0.325 e. The Kier molecular flexibility index (Phi) is 6.93. The summed E-state index contributed by atoms with van der Waals surface area (Å²) in [5.74, 6) is -0.751. The fourth-order valence-electron chi connectivity index (χ4n) is 3.60. The number of rotatable bonds is 9. The molecule has 0 aromatic heterocycles. The first kappa shape index (κ1) is 20.2. The number of amides is 2. The van der Waals surface area contributed by atoms with Gasteiger partial charge in [0, 0.05) is 30.2 Å². The maximum absolute atomic E-state index is 13.1. The molecule has 0 bridgehead atoms. The number of halogens is 1. The van der Waals surface area contributed by atoms with E-state index in [2.05, 4.69) is 12.1 Å². The highest BCUT2D eigenvalue weighted by Gasteiger charge is 2.38. The zero-order valence-electron chi connectivity index (χ0n) is 15.8. The highest BCUT2D eigenvalue weighted by Crippen LogP contribution is 2.35. The Hall–Kier alpha value is -2.53. The van der Waals surface area contributed by atoms with Gasteiger partial charge in [0.25, 0.3) is 0 Å². The number of carboxylic acid groups (broad SMARTS) is 1. The van der Waals surface area contributed by atoms with E-state index in [1.165, 1.54) is 0 Å². The lowest BCUT2D eigenvalue weighted by Gasteiger charge is -2.23. The molecular formula is C22H25ClN2O3. The van der Waals surface area contributed by atoms with Crippen molar-refractivity contribution in [3.05, 3.63) is 65.2 Å². The summed E-state index contributed by atoms with van der Waals surface area (Å²) in [4.78, 5) is 27.4. The molecule has 1 fully saturated rings. The van der Waals surface area contributed by atoms with Gasteiger partial charge in [-0.3, -0.25) is 9.69 Å². The van der Waals surface area contributed by atoms with Gasteiger partial charge in [-0.05, 0) is 42.7 Å². The number of carboxylic acids is 1. The van der Waals surface area contributed by atoms with Crippen molar-refractivity contribution in [2.75, 3.05) is 18.0 Å². The van der Waals surface area contributed by atoms with Crippen LogP contribution >= 0.6 is 11.6 Å². The van der Waals surface area contributed by atoms with E-state index in [1.807, 2.05) is 40.1 Å². The first-order valence-corrected chi connectivity index (χ1v) is 10.0. The third kappa shape index (κ3) is 5.04.